The Morgan fingerprint density at radius 2 is 0.656 bits per heavy atom. The summed E-state index contributed by atoms with van der Waals surface area (Å²) in [7, 11) is 0. The summed E-state index contributed by atoms with van der Waals surface area (Å²) in [6.07, 6.45) is 6.78. The quantitative estimate of drug-likeness (QED) is 0.0224. The van der Waals surface area contributed by atoms with E-state index < -0.39 is 35.7 Å². The molecule has 8 atom stereocenters. The van der Waals surface area contributed by atoms with Crippen LogP contribution in [-0.2, 0) is 53.6 Å². The number of nitrogens with one attached hydrogen (secondary N) is 2. The maximum absolute atomic E-state index is 17.2. The molecule has 18 nitrogen and oxygen atoms in total. The molecule has 2 saturated heterocycles. The summed E-state index contributed by atoms with van der Waals surface area (Å²) in [6.45, 7) is 33.1. The molecule has 632 valence electrons. The minimum atomic E-state index is -1.35. The number of imide groups is 2. The molecular formula is C104H114N6O12. The van der Waals surface area contributed by atoms with Crippen molar-refractivity contribution in [1.82, 2.24) is 30.2 Å². The number of carbonyl (C=O) groups is 6. The normalized spacial score (nSPS) is 19.8. The fourth-order valence-electron chi connectivity index (χ4n) is 19.1. The molecule has 4 aliphatic heterocycles. The van der Waals surface area contributed by atoms with Crippen LogP contribution in [0.3, 0.4) is 0 Å². The molecule has 0 aromatic heterocycles. The number of epoxide rings is 2. The standard InChI is InChI=1S/C104H114N6O12/c1-15-107(69-31-23-29-67(51-69)105-57-75-59-117-75)99(115)81(49-61-25-19-17-20-26-61)109-95(111)77-53-83(119-71-41-33-63(34-42-71)101(3,4)5)89-91-85(121-73-45-37-65(38-46-73)103(9,10)11)55-79-88-80(98(114)110(97(79)113)82(50-62-27-21-18-22-28-62)100(116)108(16-2)70-32-24-30-68(52-70)106-58-76-60-118-76)56-86(122-74-47-39-66(40-48-74)104(12,13)14)92(94(88)91)90-84(54-78(96(109)112)87(77)93(89)90)120-72-43-35-64(36-44-72)102(6,7)8/h17-22,25-28,33-48,53-56,67-70,75-76,81-82,105-106H,15-16,23-24,29-32,49-52,57-60H2,1-14H3. The Morgan fingerprint density at radius 3 is 0.902 bits per heavy atom. The van der Waals surface area contributed by atoms with Crippen molar-refractivity contribution in [3.05, 3.63) is 238 Å². The number of rotatable bonds is 26. The van der Waals surface area contributed by atoms with Gasteiger partial charge in [-0.15, -0.1) is 0 Å². The molecule has 2 saturated carbocycles. The van der Waals surface area contributed by atoms with Crippen molar-refractivity contribution in [1.29, 1.82) is 0 Å². The first-order valence-electron chi connectivity index (χ1n) is 44.0. The van der Waals surface area contributed by atoms with Crippen LogP contribution in [0.1, 0.15) is 223 Å². The van der Waals surface area contributed by atoms with Crippen molar-refractivity contribution < 1.29 is 57.2 Å². The van der Waals surface area contributed by atoms with E-state index in [-0.39, 0.29) is 139 Å². The van der Waals surface area contributed by atoms with Crippen molar-refractivity contribution in [3.8, 4) is 46.0 Å². The van der Waals surface area contributed by atoms with E-state index in [0.717, 1.165) is 85.0 Å². The highest BCUT2D eigenvalue weighted by molar-refractivity contribution is 6.45. The molecule has 17 rings (SSSR count). The SMILES string of the molecule is CCN(C(=O)C(Cc1ccccc1)N1C(=O)c2cc(Oc3ccc(C(C)(C)C)cc3)c3c4c(Oc5ccc(C(C)(C)C)cc5)cc5c6c(cc(Oc7ccc(C(C)(C)C)cc7)c(c7c(Oc8ccc(C(C)(C)C)cc8)cc(c2c37)C1=O)c64)C(=O)N(C(Cc1ccccc1)C(=O)N(CC)C1CCCC(NCC2CO2)C1)C5=O)C1CCCC(NCC2CO2)C1. The van der Waals surface area contributed by atoms with Crippen LogP contribution >= 0.6 is 0 Å². The average molecular weight is 1640 g/mol. The van der Waals surface area contributed by atoms with Gasteiger partial charge in [0.15, 0.2) is 0 Å². The Balaban J connectivity index is 0.967. The molecule has 11 aromatic carbocycles. The first kappa shape index (κ1) is 83.3. The maximum atomic E-state index is 17.2. The number of amides is 6. The predicted molar refractivity (Wildman–Crippen MR) is 480 cm³/mol. The van der Waals surface area contributed by atoms with Crippen LogP contribution in [0.2, 0.25) is 0 Å². The van der Waals surface area contributed by atoms with Crippen molar-refractivity contribution in [2.75, 3.05) is 39.4 Å². The number of hydrogen-bond donors (Lipinski definition) is 2. The summed E-state index contributed by atoms with van der Waals surface area (Å²) < 4.78 is 41.5. The van der Waals surface area contributed by atoms with Gasteiger partial charge in [-0.25, -0.2) is 0 Å². The Hall–Kier alpha value is -11.0. The fourth-order valence-corrected chi connectivity index (χ4v) is 19.1. The van der Waals surface area contributed by atoms with Crippen LogP contribution < -0.4 is 29.6 Å². The molecule has 8 unspecified atom stereocenters. The van der Waals surface area contributed by atoms with Crippen LogP contribution in [0.25, 0.3) is 43.1 Å². The summed E-state index contributed by atoms with van der Waals surface area (Å²) in [5.74, 6) is -1.47. The molecule has 0 spiro atoms. The van der Waals surface area contributed by atoms with Crippen molar-refractivity contribution >= 4 is 78.5 Å². The van der Waals surface area contributed by atoms with Crippen LogP contribution in [-0.4, -0.2) is 143 Å². The smallest absolute Gasteiger partial charge is 0.262 e. The number of ether oxygens (including phenoxy) is 6. The molecular weight excluding hydrogens is 1530 g/mol. The second kappa shape index (κ2) is 33.0. The first-order valence-corrected chi connectivity index (χ1v) is 44.0. The molecule has 122 heavy (non-hydrogen) atoms. The van der Waals surface area contributed by atoms with E-state index in [1.165, 1.54) is 9.80 Å². The lowest BCUT2D eigenvalue weighted by atomic mass is 9.80. The highest BCUT2D eigenvalue weighted by Gasteiger charge is 2.49. The lowest BCUT2D eigenvalue weighted by molar-refractivity contribution is -0.139. The van der Waals surface area contributed by atoms with E-state index in [9.17, 15) is 0 Å². The highest BCUT2D eigenvalue weighted by Crippen LogP contribution is 2.59. The van der Waals surface area contributed by atoms with Gasteiger partial charge in [-0.2, -0.15) is 0 Å². The summed E-state index contributed by atoms with van der Waals surface area (Å²) >= 11 is 0. The number of fused-ring (bicyclic) bond motifs is 2. The number of carbonyl (C=O) groups excluding carboxylic acids is 6. The Labute approximate surface area is 716 Å². The van der Waals surface area contributed by atoms with E-state index in [4.69, 9.17) is 28.4 Å². The number of benzene rings is 11. The predicted octanol–water partition coefficient (Wildman–Crippen LogP) is 20.8. The van der Waals surface area contributed by atoms with E-state index in [1.54, 1.807) is 24.3 Å². The van der Waals surface area contributed by atoms with Crippen LogP contribution in [0.4, 0.5) is 0 Å². The van der Waals surface area contributed by atoms with Crippen molar-refractivity contribution in [3.63, 3.8) is 0 Å². The van der Waals surface area contributed by atoms with Gasteiger partial charge >= 0.3 is 0 Å². The minimum Gasteiger partial charge on any atom is -0.457 e. The Morgan fingerprint density at radius 1 is 0.385 bits per heavy atom. The zero-order valence-electron chi connectivity index (χ0n) is 72.9. The topological polar surface area (TPSA) is 201 Å². The van der Waals surface area contributed by atoms with Crippen molar-refractivity contribution in [2.45, 2.75) is 231 Å². The summed E-state index contributed by atoms with van der Waals surface area (Å²) in [6, 6.07) is 54.3. The first-order chi connectivity index (χ1) is 58.4. The number of likely N-dealkylation sites (N-methyl/N-ethyl adjacent to an activating group) is 2. The van der Waals surface area contributed by atoms with E-state index in [2.05, 4.69) is 93.7 Å². The molecule has 4 heterocycles. The number of hydrogen-bond acceptors (Lipinski definition) is 14. The van der Waals surface area contributed by atoms with Crippen molar-refractivity contribution in [2.24, 2.45) is 0 Å². The second-order valence-electron chi connectivity index (χ2n) is 38.6. The largest absolute Gasteiger partial charge is 0.457 e. The van der Waals surface area contributed by atoms with Crippen LogP contribution in [0.15, 0.2) is 182 Å². The van der Waals surface area contributed by atoms with Gasteiger partial charge in [-0.05, 0) is 193 Å². The fraction of sp³-hybridized carbons (Fsp3) is 0.404. The monoisotopic (exact) mass is 1640 g/mol. The van der Waals surface area contributed by atoms with E-state index in [1.807, 2.05) is 181 Å². The zero-order chi connectivity index (χ0) is 85.6. The lowest BCUT2D eigenvalue weighted by Crippen LogP contribution is -2.58. The maximum Gasteiger partial charge on any atom is 0.262 e. The molecule has 0 bridgehead atoms. The third-order valence-corrected chi connectivity index (χ3v) is 26.0. The lowest BCUT2D eigenvalue weighted by Gasteiger charge is -2.42. The molecule has 11 aromatic rings. The Kier molecular flexibility index (Phi) is 22.5. The molecule has 4 fully saturated rings. The van der Waals surface area contributed by atoms with Gasteiger partial charge in [-0.1, -0.05) is 192 Å². The summed E-state index contributed by atoms with van der Waals surface area (Å²) in [4.78, 5) is 108. The molecule has 6 aliphatic rings. The van der Waals surface area contributed by atoms with Gasteiger partial charge < -0.3 is 48.9 Å². The molecule has 18 heteroatoms. The van der Waals surface area contributed by atoms with Crippen LogP contribution in [0, 0.1) is 0 Å². The molecule has 6 amide bonds. The summed E-state index contributed by atoms with van der Waals surface area (Å²) in [5.41, 5.74) is 4.84. The molecule has 2 aliphatic carbocycles. The highest BCUT2D eigenvalue weighted by atomic mass is 16.6. The second-order valence-corrected chi connectivity index (χ2v) is 38.6. The minimum absolute atomic E-state index is 0.0000576. The van der Waals surface area contributed by atoms with Gasteiger partial charge in [-0.3, -0.25) is 38.6 Å². The van der Waals surface area contributed by atoms with E-state index in [0.29, 0.717) is 94.5 Å². The van der Waals surface area contributed by atoms with Crippen LogP contribution in [0.5, 0.6) is 46.0 Å². The zero-order valence-corrected chi connectivity index (χ0v) is 72.9. The van der Waals surface area contributed by atoms with Gasteiger partial charge in [0.1, 0.15) is 58.1 Å². The molecule has 2 N–H and O–H groups in total. The number of nitrogens with zero attached hydrogens (tertiary/aromatic N) is 4. The van der Waals surface area contributed by atoms with Gasteiger partial charge in [0.25, 0.3) is 23.6 Å². The van der Waals surface area contributed by atoms with Gasteiger partial charge in [0.05, 0.1) is 47.7 Å². The third kappa shape index (κ3) is 16.6. The molecule has 0 radical (unpaired) electrons. The summed E-state index contributed by atoms with van der Waals surface area (Å²) in [5, 5.41) is 9.96. The third-order valence-electron chi connectivity index (χ3n) is 26.0. The Bertz CT molecular complexity index is 5210. The average Bonchev–Trinajstić information content (AvgIpc) is 1.18. The van der Waals surface area contributed by atoms with Gasteiger partial charge in [0, 0.05) is 106 Å². The van der Waals surface area contributed by atoms with Gasteiger partial charge in [0.2, 0.25) is 11.8 Å². The van der Waals surface area contributed by atoms with E-state index >= 15 is 28.8 Å².